The van der Waals surface area contributed by atoms with Gasteiger partial charge in [-0.2, -0.15) is 0 Å². The molecule has 1 fully saturated rings. The van der Waals surface area contributed by atoms with Crippen molar-refractivity contribution in [1.82, 2.24) is 4.90 Å². The summed E-state index contributed by atoms with van der Waals surface area (Å²) in [7, 11) is 0. The topological polar surface area (TPSA) is 89.7 Å². The summed E-state index contributed by atoms with van der Waals surface area (Å²) >= 11 is 5.89. The van der Waals surface area contributed by atoms with Crippen LogP contribution < -0.4 is 5.73 Å². The quantitative estimate of drug-likeness (QED) is 0.843. The van der Waals surface area contributed by atoms with Gasteiger partial charge in [0, 0.05) is 13.1 Å². The molecule has 6 nitrogen and oxygen atoms in total. The summed E-state index contributed by atoms with van der Waals surface area (Å²) in [5, 5.41) is 0.270. The number of piperidine rings is 1. The minimum absolute atomic E-state index is 0.214. The zero-order chi connectivity index (χ0) is 16.1. The second-order valence-electron chi connectivity index (χ2n) is 5.14. The largest absolute Gasteiger partial charge is 0.452 e. The van der Waals surface area contributed by atoms with Gasteiger partial charge in [-0.05, 0) is 25.0 Å². The van der Waals surface area contributed by atoms with Crippen molar-refractivity contribution in [1.29, 1.82) is 0 Å². The van der Waals surface area contributed by atoms with E-state index in [9.17, 15) is 14.4 Å². The molecule has 2 rings (SSSR count). The highest BCUT2D eigenvalue weighted by atomic mass is 35.5. The first kappa shape index (κ1) is 16.3. The molecule has 1 aliphatic rings. The van der Waals surface area contributed by atoms with Gasteiger partial charge in [-0.15, -0.1) is 0 Å². The van der Waals surface area contributed by atoms with Crippen molar-refractivity contribution in [3.05, 3.63) is 34.9 Å². The average Bonchev–Trinajstić information content (AvgIpc) is 2.52. The molecule has 118 valence electrons. The van der Waals surface area contributed by atoms with Crippen molar-refractivity contribution in [2.75, 3.05) is 19.7 Å². The molecule has 0 unspecified atom stereocenters. The van der Waals surface area contributed by atoms with Crippen LogP contribution in [0.3, 0.4) is 0 Å². The number of carbonyl (C=O) groups excluding carboxylic acids is 3. The molecular formula is C15H17ClN2O4. The van der Waals surface area contributed by atoms with Crippen LogP contribution in [0.5, 0.6) is 0 Å². The maximum absolute atomic E-state index is 12.1. The predicted octanol–water partition coefficient (Wildman–Crippen LogP) is 1.22. The number of amides is 2. The average molecular weight is 325 g/mol. The Morgan fingerprint density at radius 3 is 2.73 bits per heavy atom. The summed E-state index contributed by atoms with van der Waals surface area (Å²) in [6, 6.07) is 6.45. The number of likely N-dealkylation sites (tertiary alicyclic amines) is 1. The van der Waals surface area contributed by atoms with Gasteiger partial charge in [0.1, 0.15) is 0 Å². The van der Waals surface area contributed by atoms with Crippen LogP contribution in [0.15, 0.2) is 24.3 Å². The van der Waals surface area contributed by atoms with Gasteiger partial charge in [0.05, 0.1) is 16.5 Å². The lowest BCUT2D eigenvalue weighted by Gasteiger charge is -2.31. The van der Waals surface area contributed by atoms with Crippen molar-refractivity contribution in [3.63, 3.8) is 0 Å². The summed E-state index contributed by atoms with van der Waals surface area (Å²) in [6.45, 7) is 0.430. The lowest BCUT2D eigenvalue weighted by molar-refractivity contribution is -0.137. The third-order valence-electron chi connectivity index (χ3n) is 3.60. The first-order chi connectivity index (χ1) is 10.5. The molecule has 1 aromatic carbocycles. The highest BCUT2D eigenvalue weighted by molar-refractivity contribution is 6.33. The number of carbonyl (C=O) groups is 3. The first-order valence-corrected chi connectivity index (χ1v) is 7.35. The van der Waals surface area contributed by atoms with E-state index in [4.69, 9.17) is 22.1 Å². The Kier molecular flexibility index (Phi) is 5.38. The third-order valence-corrected chi connectivity index (χ3v) is 3.93. The van der Waals surface area contributed by atoms with Crippen molar-refractivity contribution >= 4 is 29.4 Å². The SMILES string of the molecule is NC(=O)[C@H]1CCCN(C(=O)COC(=O)c2ccccc2Cl)C1. The Bertz CT molecular complexity index is 591. The predicted molar refractivity (Wildman–Crippen MR) is 80.2 cm³/mol. The minimum atomic E-state index is -0.651. The number of primary amides is 1. The van der Waals surface area contributed by atoms with E-state index in [0.717, 1.165) is 0 Å². The summed E-state index contributed by atoms with van der Waals surface area (Å²) in [4.78, 5) is 36.6. The van der Waals surface area contributed by atoms with Crippen LogP contribution in [-0.4, -0.2) is 42.4 Å². The van der Waals surface area contributed by atoms with Crippen LogP contribution in [-0.2, 0) is 14.3 Å². The Balaban J connectivity index is 1.89. The maximum atomic E-state index is 12.1. The molecule has 22 heavy (non-hydrogen) atoms. The zero-order valence-electron chi connectivity index (χ0n) is 12.0. The molecule has 2 amide bonds. The smallest absolute Gasteiger partial charge is 0.340 e. The number of ether oxygens (including phenoxy) is 1. The molecule has 0 bridgehead atoms. The lowest BCUT2D eigenvalue weighted by Crippen LogP contribution is -2.45. The van der Waals surface area contributed by atoms with Gasteiger partial charge in [0.25, 0.3) is 5.91 Å². The van der Waals surface area contributed by atoms with Gasteiger partial charge < -0.3 is 15.4 Å². The minimum Gasteiger partial charge on any atom is -0.452 e. The monoisotopic (exact) mass is 324 g/mol. The summed E-state index contributed by atoms with van der Waals surface area (Å²) in [5.74, 6) is -1.74. The number of hydrogen-bond acceptors (Lipinski definition) is 4. The van der Waals surface area contributed by atoms with Crippen molar-refractivity contribution in [2.45, 2.75) is 12.8 Å². The van der Waals surface area contributed by atoms with Gasteiger partial charge in [0.15, 0.2) is 6.61 Å². The molecule has 0 radical (unpaired) electrons. The fraction of sp³-hybridized carbons (Fsp3) is 0.400. The zero-order valence-corrected chi connectivity index (χ0v) is 12.7. The number of benzene rings is 1. The van der Waals surface area contributed by atoms with Crippen LogP contribution >= 0.6 is 11.6 Å². The van der Waals surface area contributed by atoms with Gasteiger partial charge in [0.2, 0.25) is 5.91 Å². The Hall–Kier alpha value is -2.08. The van der Waals surface area contributed by atoms with Gasteiger partial charge >= 0.3 is 5.97 Å². The number of halogens is 1. The van der Waals surface area contributed by atoms with Crippen molar-refractivity contribution in [2.24, 2.45) is 11.7 Å². The van der Waals surface area contributed by atoms with E-state index in [2.05, 4.69) is 0 Å². The van der Waals surface area contributed by atoms with Crippen molar-refractivity contribution < 1.29 is 19.1 Å². The highest BCUT2D eigenvalue weighted by Crippen LogP contribution is 2.17. The highest BCUT2D eigenvalue weighted by Gasteiger charge is 2.27. The van der Waals surface area contributed by atoms with Crippen LogP contribution in [0.2, 0.25) is 5.02 Å². The molecule has 0 aliphatic carbocycles. The molecule has 0 aromatic heterocycles. The lowest BCUT2D eigenvalue weighted by atomic mass is 9.97. The van der Waals surface area contributed by atoms with Crippen LogP contribution in [0.4, 0.5) is 0 Å². The van der Waals surface area contributed by atoms with Crippen molar-refractivity contribution in [3.8, 4) is 0 Å². The molecule has 2 N–H and O–H groups in total. The normalized spacial score (nSPS) is 17.9. The summed E-state index contributed by atoms with van der Waals surface area (Å²) in [6.07, 6.45) is 1.39. The summed E-state index contributed by atoms with van der Waals surface area (Å²) in [5.41, 5.74) is 5.48. The fourth-order valence-electron chi connectivity index (χ4n) is 2.36. The van der Waals surface area contributed by atoms with Gasteiger partial charge in [-0.3, -0.25) is 9.59 Å². The Labute approximate surface area is 133 Å². The van der Waals surface area contributed by atoms with Gasteiger partial charge in [-0.25, -0.2) is 4.79 Å². The van der Waals surface area contributed by atoms with E-state index in [-0.39, 0.29) is 35.6 Å². The number of esters is 1. The molecule has 1 heterocycles. The molecule has 1 atom stereocenters. The molecule has 0 spiro atoms. The van der Waals surface area contributed by atoms with E-state index in [1.165, 1.54) is 11.0 Å². The molecule has 7 heteroatoms. The number of nitrogens with two attached hydrogens (primary N) is 1. The molecular weight excluding hydrogens is 308 g/mol. The van der Waals surface area contributed by atoms with E-state index in [1.807, 2.05) is 0 Å². The summed E-state index contributed by atoms with van der Waals surface area (Å²) < 4.78 is 4.99. The van der Waals surface area contributed by atoms with Crippen LogP contribution in [0.1, 0.15) is 23.2 Å². The second kappa shape index (κ2) is 7.26. The number of rotatable bonds is 4. The third kappa shape index (κ3) is 3.98. The molecule has 1 aromatic rings. The Morgan fingerprint density at radius 2 is 2.05 bits per heavy atom. The Morgan fingerprint density at radius 1 is 1.32 bits per heavy atom. The van der Waals surface area contributed by atoms with E-state index < -0.39 is 11.9 Å². The van der Waals surface area contributed by atoms with E-state index in [0.29, 0.717) is 19.4 Å². The van der Waals surface area contributed by atoms with E-state index in [1.54, 1.807) is 18.2 Å². The van der Waals surface area contributed by atoms with Crippen LogP contribution in [0.25, 0.3) is 0 Å². The standard InChI is InChI=1S/C15H17ClN2O4/c16-12-6-2-1-5-11(12)15(21)22-9-13(19)18-7-3-4-10(8-18)14(17)20/h1-2,5-6,10H,3-4,7-9H2,(H2,17,20)/t10-/m0/s1. The first-order valence-electron chi connectivity index (χ1n) is 6.97. The van der Waals surface area contributed by atoms with Crippen LogP contribution in [0, 0.1) is 5.92 Å². The fourth-order valence-corrected chi connectivity index (χ4v) is 2.57. The van der Waals surface area contributed by atoms with E-state index >= 15 is 0 Å². The van der Waals surface area contributed by atoms with Gasteiger partial charge in [-0.1, -0.05) is 23.7 Å². The molecule has 1 saturated heterocycles. The second-order valence-corrected chi connectivity index (χ2v) is 5.54. The maximum Gasteiger partial charge on any atom is 0.340 e. The molecule has 0 saturated carbocycles. The number of nitrogens with zero attached hydrogens (tertiary/aromatic N) is 1. The number of hydrogen-bond donors (Lipinski definition) is 1. The molecule has 1 aliphatic heterocycles.